The highest BCUT2D eigenvalue weighted by molar-refractivity contribution is 7.99. The Hall–Kier alpha value is -0.910. The van der Waals surface area contributed by atoms with Gasteiger partial charge in [-0.15, -0.1) is 0 Å². The molecule has 0 spiro atoms. The molecule has 2 unspecified atom stereocenters. The summed E-state index contributed by atoms with van der Waals surface area (Å²) in [6.45, 7) is 5.23. The topological polar surface area (TPSA) is 75.6 Å². The number of carbonyl (C=O) groups excluding carboxylic acids is 1. The van der Waals surface area contributed by atoms with E-state index in [1.807, 2.05) is 0 Å². The van der Waals surface area contributed by atoms with Crippen molar-refractivity contribution in [3.05, 3.63) is 0 Å². The van der Waals surface area contributed by atoms with Crippen molar-refractivity contribution in [2.45, 2.75) is 38.8 Å². The fourth-order valence-corrected chi connectivity index (χ4v) is 2.93. The van der Waals surface area contributed by atoms with Gasteiger partial charge in [-0.05, 0) is 44.6 Å². The Kier molecular flexibility index (Phi) is 4.68. The number of alkyl carbamates (subject to hydrolysis) is 1. The van der Waals surface area contributed by atoms with E-state index in [2.05, 4.69) is 5.32 Å². The maximum atomic E-state index is 11.5. The number of hydrogen-bond acceptors (Lipinski definition) is 4. The first kappa shape index (κ1) is 14.2. The van der Waals surface area contributed by atoms with E-state index in [0.717, 1.165) is 17.9 Å². The van der Waals surface area contributed by atoms with Crippen LogP contribution in [0.1, 0.15) is 27.2 Å². The third-order valence-electron chi connectivity index (χ3n) is 2.37. The van der Waals surface area contributed by atoms with Gasteiger partial charge in [-0.1, -0.05) is 0 Å². The predicted octanol–water partition coefficient (Wildman–Crippen LogP) is 1.72. The number of carboxylic acid groups (broad SMARTS) is 1. The average molecular weight is 261 g/mol. The Balaban J connectivity index is 2.55. The summed E-state index contributed by atoms with van der Waals surface area (Å²) < 4.78 is 5.06. The number of ether oxygens (including phenoxy) is 1. The Morgan fingerprint density at radius 1 is 1.47 bits per heavy atom. The van der Waals surface area contributed by atoms with Gasteiger partial charge in [0.05, 0.1) is 0 Å². The normalized spacial score (nSPS) is 21.9. The summed E-state index contributed by atoms with van der Waals surface area (Å²) in [5.74, 6) is 0.713. The Labute approximate surface area is 105 Å². The van der Waals surface area contributed by atoms with Gasteiger partial charge >= 0.3 is 12.1 Å². The summed E-state index contributed by atoms with van der Waals surface area (Å²) in [6, 6.07) is -0.847. The number of rotatable bonds is 3. The minimum atomic E-state index is -0.997. The number of hydrogen-bond donors (Lipinski definition) is 2. The molecule has 0 radical (unpaired) electrons. The lowest BCUT2D eigenvalue weighted by Gasteiger charge is -2.24. The van der Waals surface area contributed by atoms with Crippen LogP contribution in [0.15, 0.2) is 0 Å². The molecule has 6 heteroatoms. The lowest BCUT2D eigenvalue weighted by Crippen LogP contribution is -2.47. The van der Waals surface area contributed by atoms with Gasteiger partial charge in [-0.2, -0.15) is 11.8 Å². The molecular weight excluding hydrogens is 242 g/mol. The molecule has 5 nitrogen and oxygen atoms in total. The minimum absolute atomic E-state index is 0.00924. The maximum Gasteiger partial charge on any atom is 0.408 e. The van der Waals surface area contributed by atoms with Crippen molar-refractivity contribution >= 4 is 23.8 Å². The number of aliphatic carboxylic acids is 1. The van der Waals surface area contributed by atoms with Gasteiger partial charge < -0.3 is 15.2 Å². The largest absolute Gasteiger partial charge is 0.480 e. The molecule has 0 aliphatic carbocycles. The van der Waals surface area contributed by atoms with Crippen molar-refractivity contribution in [1.29, 1.82) is 0 Å². The van der Waals surface area contributed by atoms with E-state index in [0.29, 0.717) is 0 Å². The molecule has 98 valence electrons. The third kappa shape index (κ3) is 4.85. The van der Waals surface area contributed by atoms with E-state index in [9.17, 15) is 9.59 Å². The first-order valence-corrected chi connectivity index (χ1v) is 6.75. The monoisotopic (exact) mass is 261 g/mol. The molecule has 1 heterocycles. The van der Waals surface area contributed by atoms with Crippen molar-refractivity contribution in [1.82, 2.24) is 5.32 Å². The molecule has 0 saturated carbocycles. The van der Waals surface area contributed by atoms with Crippen LogP contribution in [0.3, 0.4) is 0 Å². The summed E-state index contributed by atoms with van der Waals surface area (Å²) in [4.78, 5) is 22.6. The van der Waals surface area contributed by atoms with Crippen LogP contribution in [0, 0.1) is 5.92 Å². The fraction of sp³-hybridized carbons (Fsp3) is 0.818. The van der Waals surface area contributed by atoms with Gasteiger partial charge in [0.2, 0.25) is 0 Å². The zero-order valence-corrected chi connectivity index (χ0v) is 11.2. The molecule has 0 aromatic carbocycles. The Bertz CT molecular complexity index is 294. The number of thioether (sulfide) groups is 1. The molecule has 2 N–H and O–H groups in total. The number of carboxylic acids is 1. The van der Waals surface area contributed by atoms with E-state index in [4.69, 9.17) is 9.84 Å². The van der Waals surface area contributed by atoms with Crippen molar-refractivity contribution in [3.63, 3.8) is 0 Å². The molecule has 2 atom stereocenters. The van der Waals surface area contributed by atoms with Crippen molar-refractivity contribution < 1.29 is 19.4 Å². The van der Waals surface area contributed by atoms with Crippen LogP contribution in [0.2, 0.25) is 0 Å². The van der Waals surface area contributed by atoms with E-state index < -0.39 is 23.7 Å². The van der Waals surface area contributed by atoms with Gasteiger partial charge in [0.15, 0.2) is 0 Å². The molecule has 1 fully saturated rings. The molecule has 1 saturated heterocycles. The predicted molar refractivity (Wildman–Crippen MR) is 66.2 cm³/mol. The zero-order chi connectivity index (χ0) is 13.1. The summed E-state index contributed by atoms with van der Waals surface area (Å²) in [5, 5.41) is 11.5. The van der Waals surface area contributed by atoms with Crippen LogP contribution in [0.5, 0.6) is 0 Å². The van der Waals surface area contributed by atoms with E-state index in [1.54, 1.807) is 32.5 Å². The second-order valence-electron chi connectivity index (χ2n) is 5.09. The minimum Gasteiger partial charge on any atom is -0.480 e. The van der Waals surface area contributed by atoms with Crippen molar-refractivity contribution in [3.8, 4) is 0 Å². The molecule has 17 heavy (non-hydrogen) atoms. The van der Waals surface area contributed by atoms with Crippen LogP contribution >= 0.6 is 11.8 Å². The highest BCUT2D eigenvalue weighted by Gasteiger charge is 2.33. The van der Waals surface area contributed by atoms with Gasteiger partial charge in [-0.25, -0.2) is 9.59 Å². The van der Waals surface area contributed by atoms with Gasteiger partial charge in [0.25, 0.3) is 0 Å². The van der Waals surface area contributed by atoms with E-state index in [1.165, 1.54) is 0 Å². The molecule has 0 aromatic rings. The molecule has 1 aliphatic rings. The van der Waals surface area contributed by atoms with Gasteiger partial charge in [-0.3, -0.25) is 0 Å². The van der Waals surface area contributed by atoms with Crippen molar-refractivity contribution in [2.24, 2.45) is 5.92 Å². The lowest BCUT2D eigenvalue weighted by atomic mass is 9.99. The SMILES string of the molecule is CC(C)(C)OC(=O)NC(C(=O)O)C1CCSC1. The molecule has 1 aliphatic heterocycles. The van der Waals surface area contributed by atoms with Crippen LogP contribution in [-0.2, 0) is 9.53 Å². The molecule has 1 amide bonds. The van der Waals surface area contributed by atoms with Crippen molar-refractivity contribution in [2.75, 3.05) is 11.5 Å². The van der Waals surface area contributed by atoms with Crippen LogP contribution in [0.25, 0.3) is 0 Å². The first-order valence-electron chi connectivity index (χ1n) is 5.59. The second kappa shape index (κ2) is 5.62. The van der Waals surface area contributed by atoms with E-state index >= 15 is 0 Å². The van der Waals surface area contributed by atoms with Gasteiger partial charge in [0, 0.05) is 0 Å². The van der Waals surface area contributed by atoms with Gasteiger partial charge in [0.1, 0.15) is 11.6 Å². The summed E-state index contributed by atoms with van der Waals surface area (Å²) >= 11 is 1.71. The summed E-state index contributed by atoms with van der Waals surface area (Å²) in [7, 11) is 0. The quantitative estimate of drug-likeness (QED) is 0.809. The van der Waals surface area contributed by atoms with Crippen LogP contribution in [0.4, 0.5) is 4.79 Å². The van der Waals surface area contributed by atoms with E-state index in [-0.39, 0.29) is 5.92 Å². The maximum absolute atomic E-state index is 11.5. The zero-order valence-electron chi connectivity index (χ0n) is 10.4. The van der Waals surface area contributed by atoms with Crippen LogP contribution in [-0.4, -0.2) is 40.3 Å². The highest BCUT2D eigenvalue weighted by Crippen LogP contribution is 2.26. The molecule has 0 bridgehead atoms. The Morgan fingerprint density at radius 2 is 2.12 bits per heavy atom. The fourth-order valence-electron chi connectivity index (χ4n) is 1.63. The molecular formula is C11H19NO4S. The highest BCUT2D eigenvalue weighted by atomic mass is 32.2. The lowest BCUT2D eigenvalue weighted by molar-refractivity contribution is -0.140. The number of carbonyl (C=O) groups is 2. The second-order valence-corrected chi connectivity index (χ2v) is 6.24. The smallest absolute Gasteiger partial charge is 0.408 e. The summed E-state index contributed by atoms with van der Waals surface area (Å²) in [6.07, 6.45) is 0.152. The first-order chi connectivity index (χ1) is 7.79. The number of amides is 1. The number of nitrogens with one attached hydrogen (secondary N) is 1. The molecule has 0 aromatic heterocycles. The average Bonchev–Trinajstić information content (AvgIpc) is 2.63. The van der Waals surface area contributed by atoms with Crippen LogP contribution < -0.4 is 5.32 Å². The standard InChI is InChI=1S/C11H19NO4S/c1-11(2,3)16-10(15)12-8(9(13)14)7-4-5-17-6-7/h7-8H,4-6H2,1-3H3,(H,12,15)(H,13,14). The Morgan fingerprint density at radius 3 is 2.53 bits per heavy atom. The summed E-state index contributed by atoms with van der Waals surface area (Å²) in [5.41, 5.74) is -0.614. The third-order valence-corrected chi connectivity index (χ3v) is 3.56. The molecule has 1 rings (SSSR count).